The van der Waals surface area contributed by atoms with Gasteiger partial charge >= 0.3 is 5.97 Å². The van der Waals surface area contributed by atoms with Crippen LogP contribution in [0.3, 0.4) is 0 Å². The Kier molecular flexibility index (Phi) is 5.06. The molecule has 0 spiro atoms. The Morgan fingerprint density at radius 1 is 1.46 bits per heavy atom. The molecule has 0 aromatic carbocycles. The number of hydrogen-bond donors (Lipinski definition) is 2. The Labute approximate surface area is 76.8 Å². The van der Waals surface area contributed by atoms with Crippen LogP contribution < -0.4 is 5.32 Å². The normalized spacial score (nSPS) is 14.7. The number of rotatable bonds is 5. The fourth-order valence-electron chi connectivity index (χ4n) is 0.898. The first-order valence-corrected chi connectivity index (χ1v) is 4.13. The molecule has 1 radical (unpaired) electrons. The summed E-state index contributed by atoms with van der Waals surface area (Å²) in [4.78, 5) is 21.3. The highest BCUT2D eigenvalue weighted by molar-refractivity contribution is 5.84. The summed E-state index contributed by atoms with van der Waals surface area (Å²) < 4.78 is 0. The lowest BCUT2D eigenvalue weighted by atomic mass is 9.99. The first kappa shape index (κ1) is 11.9. The van der Waals surface area contributed by atoms with Crippen molar-refractivity contribution in [3.63, 3.8) is 0 Å². The van der Waals surface area contributed by atoms with Gasteiger partial charge in [0.05, 0.1) is 0 Å². The molecular weight excluding hydrogens is 174 g/mol. The molecule has 75 valence electrons. The molecule has 0 aliphatic rings. The summed E-state index contributed by atoms with van der Waals surface area (Å²) in [6, 6.07) is -0.952. The van der Waals surface area contributed by atoms with Crippen molar-refractivity contribution in [1.29, 1.82) is 0 Å². The van der Waals surface area contributed by atoms with Gasteiger partial charge in [0, 0.05) is 0 Å². The molecule has 0 heterocycles. The van der Waals surface area contributed by atoms with Crippen LogP contribution in [0.15, 0.2) is 0 Å². The van der Waals surface area contributed by atoms with Crippen molar-refractivity contribution < 1.29 is 19.8 Å². The first-order valence-electron chi connectivity index (χ1n) is 4.13. The van der Waals surface area contributed by atoms with Gasteiger partial charge in [-0.3, -0.25) is 4.79 Å². The van der Waals surface area contributed by atoms with E-state index in [1.54, 1.807) is 6.92 Å². The van der Waals surface area contributed by atoms with Crippen LogP contribution in [0, 0.1) is 5.92 Å². The number of carbonyl (C=O) groups excluding carboxylic acids is 1. The Morgan fingerprint density at radius 3 is 2.31 bits per heavy atom. The van der Waals surface area contributed by atoms with Crippen LogP contribution in [-0.4, -0.2) is 29.6 Å². The highest BCUT2D eigenvalue weighted by atomic mass is 16.4. The second-order valence-electron chi connectivity index (χ2n) is 2.91. The van der Waals surface area contributed by atoms with E-state index in [0.29, 0.717) is 6.42 Å². The van der Waals surface area contributed by atoms with E-state index in [2.05, 4.69) is 5.32 Å². The SMILES string of the molecule is CCC(C)C(NC(=O)C[O])C(=O)O. The quantitative estimate of drug-likeness (QED) is 0.638. The molecule has 2 unspecified atom stereocenters. The molecule has 0 fully saturated rings. The summed E-state index contributed by atoms with van der Waals surface area (Å²) in [7, 11) is 0. The van der Waals surface area contributed by atoms with Crippen molar-refractivity contribution in [2.45, 2.75) is 26.3 Å². The smallest absolute Gasteiger partial charge is 0.326 e. The third-order valence-electron chi connectivity index (χ3n) is 1.93. The average molecular weight is 188 g/mol. The van der Waals surface area contributed by atoms with E-state index >= 15 is 0 Å². The van der Waals surface area contributed by atoms with Crippen LogP contribution in [0.5, 0.6) is 0 Å². The van der Waals surface area contributed by atoms with Gasteiger partial charge in [0.2, 0.25) is 5.91 Å². The van der Waals surface area contributed by atoms with Gasteiger partial charge in [-0.15, -0.1) is 0 Å². The van der Waals surface area contributed by atoms with Crippen molar-refractivity contribution in [3.05, 3.63) is 0 Å². The van der Waals surface area contributed by atoms with E-state index in [1.165, 1.54) is 0 Å². The van der Waals surface area contributed by atoms with Crippen molar-refractivity contribution in [1.82, 2.24) is 5.32 Å². The topological polar surface area (TPSA) is 86.3 Å². The molecule has 0 aromatic rings. The third kappa shape index (κ3) is 3.89. The number of nitrogens with one attached hydrogen (secondary N) is 1. The van der Waals surface area contributed by atoms with Crippen molar-refractivity contribution in [3.8, 4) is 0 Å². The summed E-state index contributed by atoms with van der Waals surface area (Å²) in [6.07, 6.45) is 0.635. The van der Waals surface area contributed by atoms with Gasteiger partial charge in [0.1, 0.15) is 6.04 Å². The third-order valence-corrected chi connectivity index (χ3v) is 1.93. The summed E-state index contributed by atoms with van der Waals surface area (Å²) in [6.45, 7) is 2.61. The molecule has 0 aliphatic heterocycles. The monoisotopic (exact) mass is 188 g/mol. The lowest BCUT2D eigenvalue weighted by molar-refractivity contribution is -0.144. The van der Waals surface area contributed by atoms with E-state index in [-0.39, 0.29) is 5.92 Å². The van der Waals surface area contributed by atoms with Crippen LogP contribution >= 0.6 is 0 Å². The molecule has 0 aromatic heterocycles. The zero-order valence-corrected chi connectivity index (χ0v) is 7.74. The van der Waals surface area contributed by atoms with Crippen molar-refractivity contribution in [2.24, 2.45) is 5.92 Å². The Bertz CT molecular complexity index is 193. The second-order valence-corrected chi connectivity index (χ2v) is 2.91. The zero-order chi connectivity index (χ0) is 10.4. The average Bonchev–Trinajstić information content (AvgIpc) is 2.11. The molecule has 0 aliphatic carbocycles. The summed E-state index contributed by atoms with van der Waals surface area (Å²) in [5.74, 6) is -2.04. The maximum absolute atomic E-state index is 10.7. The number of carboxylic acids is 1. The minimum absolute atomic E-state index is 0.173. The van der Waals surface area contributed by atoms with Gasteiger partial charge in [-0.25, -0.2) is 9.90 Å². The molecule has 0 saturated heterocycles. The first-order chi connectivity index (χ1) is 6.02. The van der Waals surface area contributed by atoms with Gasteiger partial charge in [0.15, 0.2) is 6.61 Å². The molecular formula is C8H14NO4. The van der Waals surface area contributed by atoms with Gasteiger partial charge in [-0.2, -0.15) is 0 Å². The number of aliphatic carboxylic acids is 1. The highest BCUT2D eigenvalue weighted by Crippen LogP contribution is 2.07. The van der Waals surface area contributed by atoms with Gasteiger partial charge in [-0.05, 0) is 5.92 Å². The van der Waals surface area contributed by atoms with Crippen LogP contribution in [0.2, 0.25) is 0 Å². The fraction of sp³-hybridized carbons (Fsp3) is 0.750. The molecule has 2 N–H and O–H groups in total. The number of carbonyl (C=O) groups is 2. The van der Waals surface area contributed by atoms with E-state index < -0.39 is 24.5 Å². The molecule has 1 amide bonds. The van der Waals surface area contributed by atoms with E-state index in [0.717, 1.165) is 0 Å². The van der Waals surface area contributed by atoms with Gasteiger partial charge in [-0.1, -0.05) is 20.3 Å². The Hall–Kier alpha value is -1.10. The molecule has 5 heteroatoms. The van der Waals surface area contributed by atoms with E-state index in [4.69, 9.17) is 5.11 Å². The fourth-order valence-corrected chi connectivity index (χ4v) is 0.898. The van der Waals surface area contributed by atoms with Crippen LogP contribution in [0.1, 0.15) is 20.3 Å². The predicted octanol–water partition coefficient (Wildman–Crippen LogP) is 0.0324. The minimum Gasteiger partial charge on any atom is -0.480 e. The van der Waals surface area contributed by atoms with Crippen LogP contribution in [-0.2, 0) is 14.7 Å². The molecule has 5 nitrogen and oxygen atoms in total. The number of amides is 1. The number of hydrogen-bond acceptors (Lipinski definition) is 2. The molecule has 2 atom stereocenters. The molecule has 13 heavy (non-hydrogen) atoms. The zero-order valence-electron chi connectivity index (χ0n) is 7.74. The second kappa shape index (κ2) is 5.53. The van der Waals surface area contributed by atoms with E-state index in [9.17, 15) is 14.7 Å². The number of carboxylic acid groups (broad SMARTS) is 1. The van der Waals surface area contributed by atoms with E-state index in [1.807, 2.05) is 6.92 Å². The maximum atomic E-state index is 10.7. The summed E-state index contributed by atoms with van der Waals surface area (Å²) >= 11 is 0. The van der Waals surface area contributed by atoms with Crippen molar-refractivity contribution in [2.75, 3.05) is 6.61 Å². The molecule has 0 bridgehead atoms. The van der Waals surface area contributed by atoms with Gasteiger partial charge in [0.25, 0.3) is 0 Å². The molecule has 0 saturated carbocycles. The van der Waals surface area contributed by atoms with Crippen LogP contribution in [0.4, 0.5) is 0 Å². The summed E-state index contributed by atoms with van der Waals surface area (Å²) in [5, 5.41) is 21.0. The minimum atomic E-state index is -1.10. The maximum Gasteiger partial charge on any atom is 0.326 e. The Balaban J connectivity index is 4.26. The Morgan fingerprint density at radius 2 is 2.00 bits per heavy atom. The van der Waals surface area contributed by atoms with Crippen LogP contribution in [0.25, 0.3) is 0 Å². The molecule has 0 rings (SSSR count). The largest absolute Gasteiger partial charge is 0.480 e. The van der Waals surface area contributed by atoms with Crippen molar-refractivity contribution >= 4 is 11.9 Å². The highest BCUT2D eigenvalue weighted by Gasteiger charge is 2.24. The lowest BCUT2D eigenvalue weighted by Crippen LogP contribution is -2.45. The van der Waals surface area contributed by atoms with Gasteiger partial charge < -0.3 is 10.4 Å². The standard InChI is InChI=1S/C8H14NO4/c1-3-5(2)7(8(12)13)9-6(11)4-10/h5,7H,3-4H2,1-2H3,(H,9,11)(H,12,13). The predicted molar refractivity (Wildman–Crippen MR) is 44.6 cm³/mol. The lowest BCUT2D eigenvalue weighted by Gasteiger charge is -2.19. The summed E-state index contributed by atoms with van der Waals surface area (Å²) in [5.41, 5.74) is 0.